The first-order chi connectivity index (χ1) is 11.4. The number of carbonyl (C=O) groups excluding carboxylic acids is 2. The maximum Gasteiger partial charge on any atom is 0.227 e. The summed E-state index contributed by atoms with van der Waals surface area (Å²) < 4.78 is 13.3. The first-order valence-electron chi connectivity index (χ1n) is 7.70. The Morgan fingerprint density at radius 2 is 2.25 bits per heavy atom. The zero-order chi connectivity index (χ0) is 17.3. The Morgan fingerprint density at radius 1 is 1.46 bits per heavy atom. The first-order valence-corrected chi connectivity index (χ1v) is 8.52. The molecule has 7 heteroatoms. The molecule has 1 aromatic carbocycles. The van der Waals surface area contributed by atoms with Crippen molar-refractivity contribution in [3.8, 4) is 0 Å². The molecule has 126 valence electrons. The van der Waals surface area contributed by atoms with Gasteiger partial charge in [-0.25, -0.2) is 9.37 Å². The number of thiazole rings is 1. The summed E-state index contributed by atoms with van der Waals surface area (Å²) in [7, 11) is 0. The van der Waals surface area contributed by atoms with Crippen LogP contribution in [-0.4, -0.2) is 23.3 Å². The number of hydrogen-bond acceptors (Lipinski definition) is 4. The molecule has 0 aliphatic carbocycles. The van der Waals surface area contributed by atoms with Gasteiger partial charge in [-0.3, -0.25) is 9.59 Å². The number of hydrogen-bond donors (Lipinski definition) is 1. The first kappa shape index (κ1) is 16.6. The molecule has 0 spiro atoms. The summed E-state index contributed by atoms with van der Waals surface area (Å²) in [6.07, 6.45) is 0.142. The van der Waals surface area contributed by atoms with Gasteiger partial charge in [-0.1, -0.05) is 6.07 Å². The largest absolute Gasteiger partial charge is 0.351 e. The van der Waals surface area contributed by atoms with E-state index in [1.807, 2.05) is 13.8 Å². The van der Waals surface area contributed by atoms with Gasteiger partial charge in [0.1, 0.15) is 5.82 Å². The highest BCUT2D eigenvalue weighted by Gasteiger charge is 2.35. The van der Waals surface area contributed by atoms with Crippen molar-refractivity contribution in [2.75, 3.05) is 11.4 Å². The summed E-state index contributed by atoms with van der Waals surface area (Å²) >= 11 is 1.55. The number of rotatable bonds is 4. The predicted octanol–water partition coefficient (Wildman–Crippen LogP) is 2.57. The molecule has 0 bridgehead atoms. The van der Waals surface area contributed by atoms with Crippen LogP contribution < -0.4 is 10.2 Å². The van der Waals surface area contributed by atoms with Gasteiger partial charge in [0, 0.05) is 23.5 Å². The van der Waals surface area contributed by atoms with Gasteiger partial charge in [-0.2, -0.15) is 0 Å². The molecular formula is C17H18FN3O2S. The fourth-order valence-corrected chi connectivity index (χ4v) is 3.70. The molecule has 5 nitrogen and oxygen atoms in total. The van der Waals surface area contributed by atoms with Crippen molar-refractivity contribution in [3.63, 3.8) is 0 Å². The van der Waals surface area contributed by atoms with E-state index in [0.29, 0.717) is 12.2 Å². The molecule has 0 saturated carbocycles. The molecule has 1 N–H and O–H groups in total. The van der Waals surface area contributed by atoms with Gasteiger partial charge < -0.3 is 10.2 Å². The Bertz CT molecular complexity index is 790. The standard InChI is InChI=1S/C17H18FN3O2S/c1-10-15(24-11(2)20-10)8-19-17(23)12-6-16(22)21(9-12)14-5-3-4-13(18)7-14/h3-5,7,12H,6,8-9H2,1-2H3,(H,19,23). The summed E-state index contributed by atoms with van der Waals surface area (Å²) in [6, 6.07) is 5.86. The molecule has 0 radical (unpaired) electrons. The van der Waals surface area contributed by atoms with Gasteiger partial charge >= 0.3 is 0 Å². The van der Waals surface area contributed by atoms with Gasteiger partial charge in [0.15, 0.2) is 0 Å². The second-order valence-electron chi connectivity index (χ2n) is 5.84. The van der Waals surface area contributed by atoms with Gasteiger partial charge in [-0.05, 0) is 32.0 Å². The normalized spacial score (nSPS) is 17.4. The number of benzene rings is 1. The summed E-state index contributed by atoms with van der Waals surface area (Å²) in [4.78, 5) is 31.3. The van der Waals surface area contributed by atoms with Crippen LogP contribution >= 0.6 is 11.3 Å². The Kier molecular flexibility index (Phi) is 4.62. The smallest absolute Gasteiger partial charge is 0.227 e. The van der Waals surface area contributed by atoms with Crippen LogP contribution in [0.15, 0.2) is 24.3 Å². The summed E-state index contributed by atoms with van der Waals surface area (Å²) in [5.41, 5.74) is 1.41. The van der Waals surface area contributed by atoms with E-state index in [1.165, 1.54) is 17.0 Å². The van der Waals surface area contributed by atoms with E-state index in [2.05, 4.69) is 10.3 Å². The van der Waals surface area contributed by atoms with Crippen LogP contribution in [0.3, 0.4) is 0 Å². The van der Waals surface area contributed by atoms with E-state index < -0.39 is 11.7 Å². The van der Waals surface area contributed by atoms with Crippen LogP contribution in [0.25, 0.3) is 0 Å². The SMILES string of the molecule is Cc1nc(C)c(CNC(=O)C2CC(=O)N(c3cccc(F)c3)C2)s1. The molecule has 1 aliphatic rings. The molecule has 1 unspecified atom stereocenters. The topological polar surface area (TPSA) is 62.3 Å². The van der Waals surface area contributed by atoms with Crippen LogP contribution in [0.1, 0.15) is 22.0 Å². The number of carbonyl (C=O) groups is 2. The molecular weight excluding hydrogens is 329 g/mol. The summed E-state index contributed by atoms with van der Waals surface area (Å²) in [5, 5.41) is 3.84. The Balaban J connectivity index is 1.62. The number of aryl methyl sites for hydroxylation is 2. The van der Waals surface area contributed by atoms with Crippen molar-refractivity contribution in [2.24, 2.45) is 5.92 Å². The van der Waals surface area contributed by atoms with Crippen molar-refractivity contribution in [2.45, 2.75) is 26.8 Å². The van der Waals surface area contributed by atoms with Crippen LogP contribution in [0.2, 0.25) is 0 Å². The third-order valence-corrected chi connectivity index (χ3v) is 5.11. The number of nitrogens with zero attached hydrogens (tertiary/aromatic N) is 2. The highest BCUT2D eigenvalue weighted by Crippen LogP contribution is 2.26. The van der Waals surface area contributed by atoms with E-state index in [4.69, 9.17) is 0 Å². The molecule has 1 aliphatic heterocycles. The zero-order valence-electron chi connectivity index (χ0n) is 13.5. The molecule has 1 atom stereocenters. The fourth-order valence-electron chi connectivity index (χ4n) is 2.83. The molecule has 1 saturated heterocycles. The molecule has 1 fully saturated rings. The quantitative estimate of drug-likeness (QED) is 0.925. The molecule has 2 amide bonds. The van der Waals surface area contributed by atoms with Crippen LogP contribution in [0.4, 0.5) is 10.1 Å². The zero-order valence-corrected chi connectivity index (χ0v) is 14.3. The predicted molar refractivity (Wildman–Crippen MR) is 90.3 cm³/mol. The number of amides is 2. The van der Waals surface area contributed by atoms with E-state index in [-0.39, 0.29) is 24.8 Å². The average Bonchev–Trinajstić information content (AvgIpc) is 3.07. The lowest BCUT2D eigenvalue weighted by molar-refractivity contribution is -0.126. The molecule has 2 aromatic rings. The van der Waals surface area contributed by atoms with Crippen molar-refractivity contribution in [1.29, 1.82) is 0 Å². The maximum absolute atomic E-state index is 13.3. The van der Waals surface area contributed by atoms with E-state index in [0.717, 1.165) is 15.6 Å². The number of anilines is 1. The van der Waals surface area contributed by atoms with Crippen LogP contribution in [0, 0.1) is 25.6 Å². The second kappa shape index (κ2) is 6.68. The number of aromatic nitrogens is 1. The van der Waals surface area contributed by atoms with E-state index >= 15 is 0 Å². The lowest BCUT2D eigenvalue weighted by Gasteiger charge is -2.16. The van der Waals surface area contributed by atoms with Crippen molar-refractivity contribution < 1.29 is 14.0 Å². The summed E-state index contributed by atoms with van der Waals surface area (Å²) in [6.45, 7) is 4.53. The minimum absolute atomic E-state index is 0.142. The Morgan fingerprint density at radius 3 is 2.92 bits per heavy atom. The average molecular weight is 347 g/mol. The Hall–Kier alpha value is -2.28. The molecule has 1 aromatic heterocycles. The van der Waals surface area contributed by atoms with E-state index in [9.17, 15) is 14.0 Å². The highest BCUT2D eigenvalue weighted by molar-refractivity contribution is 7.11. The monoisotopic (exact) mass is 347 g/mol. The lowest BCUT2D eigenvalue weighted by atomic mass is 10.1. The van der Waals surface area contributed by atoms with E-state index in [1.54, 1.807) is 23.5 Å². The van der Waals surface area contributed by atoms with Crippen LogP contribution in [0.5, 0.6) is 0 Å². The third kappa shape index (κ3) is 3.46. The second-order valence-corrected chi connectivity index (χ2v) is 7.13. The van der Waals surface area contributed by atoms with Gasteiger partial charge in [0.2, 0.25) is 11.8 Å². The van der Waals surface area contributed by atoms with Crippen molar-refractivity contribution in [3.05, 3.63) is 45.7 Å². The third-order valence-electron chi connectivity index (χ3n) is 4.04. The summed E-state index contributed by atoms with van der Waals surface area (Å²) in [5.74, 6) is -1.14. The molecule has 2 heterocycles. The Labute approximate surface area is 143 Å². The number of halogens is 1. The maximum atomic E-state index is 13.3. The lowest BCUT2D eigenvalue weighted by Crippen LogP contribution is -2.32. The van der Waals surface area contributed by atoms with Crippen LogP contribution in [-0.2, 0) is 16.1 Å². The fraction of sp³-hybridized carbons (Fsp3) is 0.353. The minimum atomic E-state index is -0.421. The minimum Gasteiger partial charge on any atom is -0.351 e. The van der Waals surface area contributed by atoms with Crippen molar-refractivity contribution in [1.82, 2.24) is 10.3 Å². The molecule has 3 rings (SSSR count). The number of nitrogens with one attached hydrogen (secondary N) is 1. The molecule has 24 heavy (non-hydrogen) atoms. The highest BCUT2D eigenvalue weighted by atomic mass is 32.1. The van der Waals surface area contributed by atoms with Gasteiger partial charge in [-0.15, -0.1) is 11.3 Å². The van der Waals surface area contributed by atoms with Gasteiger partial charge in [0.05, 0.1) is 23.2 Å². The van der Waals surface area contributed by atoms with Gasteiger partial charge in [0.25, 0.3) is 0 Å². The van der Waals surface area contributed by atoms with Crippen molar-refractivity contribution >= 4 is 28.8 Å².